The number of nitrogens with zero attached hydrogens (tertiary/aromatic N) is 4. The number of alkyl halides is 5. The normalized spacial score (nSPS) is 19.7. The number of rotatable bonds is 4. The second-order valence-corrected chi connectivity index (χ2v) is 7.13. The van der Waals surface area contributed by atoms with Crippen LogP contribution in [-0.2, 0) is 10.9 Å². The highest BCUT2D eigenvalue weighted by atomic mass is 19.4. The van der Waals surface area contributed by atoms with Crippen molar-refractivity contribution in [1.29, 1.82) is 0 Å². The Morgan fingerprint density at radius 2 is 1.79 bits per heavy atom. The zero-order valence-electron chi connectivity index (χ0n) is 15.2. The molecular formula is C18H18F5N5O. The molecule has 0 aliphatic carbocycles. The summed E-state index contributed by atoms with van der Waals surface area (Å²) < 4.78 is 70.7. The fourth-order valence-corrected chi connectivity index (χ4v) is 3.32. The second kappa shape index (κ2) is 7.36. The summed E-state index contributed by atoms with van der Waals surface area (Å²) in [5.74, 6) is -2.46. The second-order valence-electron chi connectivity index (χ2n) is 7.13. The lowest BCUT2D eigenvalue weighted by molar-refractivity contribution is -0.137. The van der Waals surface area contributed by atoms with Gasteiger partial charge in [-0.2, -0.15) is 18.2 Å². The van der Waals surface area contributed by atoms with E-state index in [0.29, 0.717) is 31.7 Å². The van der Waals surface area contributed by atoms with Crippen molar-refractivity contribution in [2.75, 3.05) is 36.5 Å². The van der Waals surface area contributed by atoms with Crippen LogP contribution in [0.1, 0.15) is 30.0 Å². The fraction of sp³-hybridized carbons (Fsp3) is 0.500. The predicted molar refractivity (Wildman–Crippen MR) is 94.5 cm³/mol. The Morgan fingerprint density at radius 1 is 1.07 bits per heavy atom. The van der Waals surface area contributed by atoms with E-state index in [1.165, 1.54) is 4.90 Å². The third kappa shape index (κ3) is 4.55. The largest absolute Gasteiger partial charge is 0.416 e. The van der Waals surface area contributed by atoms with Gasteiger partial charge < -0.3 is 15.0 Å². The molecule has 0 amide bonds. The molecule has 4 rings (SSSR count). The Morgan fingerprint density at radius 3 is 2.45 bits per heavy atom. The van der Waals surface area contributed by atoms with Gasteiger partial charge in [-0.05, 0) is 25.0 Å². The molecule has 29 heavy (non-hydrogen) atoms. The SMILES string of the molecule is FC1(F)CN(c2nc(Nc3cc(C(F)(F)F)ccn3)cc(C3CCOCC3)n2)C1. The highest BCUT2D eigenvalue weighted by molar-refractivity contribution is 5.56. The van der Waals surface area contributed by atoms with E-state index in [9.17, 15) is 22.0 Å². The Balaban J connectivity index is 1.63. The third-order valence-electron chi connectivity index (χ3n) is 4.84. The molecule has 0 unspecified atom stereocenters. The Labute approximate surface area is 163 Å². The van der Waals surface area contributed by atoms with E-state index < -0.39 is 30.8 Å². The minimum Gasteiger partial charge on any atom is -0.381 e. The van der Waals surface area contributed by atoms with Crippen LogP contribution in [0.25, 0.3) is 0 Å². The minimum atomic E-state index is -4.51. The summed E-state index contributed by atoms with van der Waals surface area (Å²) in [5.41, 5.74) is -0.209. The molecule has 2 aromatic heterocycles. The lowest BCUT2D eigenvalue weighted by atomic mass is 9.96. The summed E-state index contributed by atoms with van der Waals surface area (Å²) in [7, 11) is 0. The van der Waals surface area contributed by atoms with E-state index in [0.717, 1.165) is 18.3 Å². The molecule has 2 aliphatic rings. The first-order valence-electron chi connectivity index (χ1n) is 9.09. The van der Waals surface area contributed by atoms with Gasteiger partial charge in [-0.3, -0.25) is 0 Å². The molecular weight excluding hydrogens is 397 g/mol. The van der Waals surface area contributed by atoms with Gasteiger partial charge in [0, 0.05) is 31.4 Å². The van der Waals surface area contributed by atoms with E-state index in [-0.39, 0.29) is 23.5 Å². The van der Waals surface area contributed by atoms with E-state index in [2.05, 4.69) is 20.3 Å². The molecule has 0 radical (unpaired) electrons. The number of hydrogen-bond donors (Lipinski definition) is 1. The molecule has 2 aliphatic heterocycles. The lowest BCUT2D eigenvalue weighted by Crippen LogP contribution is -2.57. The summed E-state index contributed by atoms with van der Waals surface area (Å²) in [6.07, 6.45) is -2.03. The van der Waals surface area contributed by atoms with Crippen LogP contribution in [0.2, 0.25) is 0 Å². The number of anilines is 3. The summed E-state index contributed by atoms with van der Waals surface area (Å²) in [5, 5.41) is 2.75. The van der Waals surface area contributed by atoms with Gasteiger partial charge in [-0.1, -0.05) is 0 Å². The Bertz CT molecular complexity index is 877. The highest BCUT2D eigenvalue weighted by Crippen LogP contribution is 2.34. The molecule has 4 heterocycles. The fourth-order valence-electron chi connectivity index (χ4n) is 3.32. The highest BCUT2D eigenvalue weighted by Gasteiger charge is 2.45. The maximum atomic E-state index is 13.3. The van der Waals surface area contributed by atoms with Gasteiger partial charge in [-0.25, -0.2) is 18.7 Å². The van der Waals surface area contributed by atoms with Crippen molar-refractivity contribution in [3.8, 4) is 0 Å². The molecule has 2 fully saturated rings. The number of aromatic nitrogens is 3. The summed E-state index contributed by atoms with van der Waals surface area (Å²) in [4.78, 5) is 13.9. The van der Waals surface area contributed by atoms with Crippen LogP contribution in [0.5, 0.6) is 0 Å². The van der Waals surface area contributed by atoms with Gasteiger partial charge in [0.25, 0.3) is 5.92 Å². The zero-order chi connectivity index (χ0) is 20.6. The molecule has 0 saturated carbocycles. The van der Waals surface area contributed by atoms with Crippen molar-refractivity contribution >= 4 is 17.6 Å². The van der Waals surface area contributed by atoms with Gasteiger partial charge >= 0.3 is 6.18 Å². The first kappa shape index (κ1) is 19.7. The maximum absolute atomic E-state index is 13.3. The number of pyridine rings is 1. The van der Waals surface area contributed by atoms with Crippen molar-refractivity contribution in [3.63, 3.8) is 0 Å². The minimum absolute atomic E-state index is 0.0451. The van der Waals surface area contributed by atoms with Crippen LogP contribution in [0.4, 0.5) is 39.5 Å². The molecule has 2 aromatic rings. The van der Waals surface area contributed by atoms with Crippen LogP contribution in [-0.4, -0.2) is 47.2 Å². The average Bonchev–Trinajstić information content (AvgIpc) is 2.66. The average molecular weight is 415 g/mol. The molecule has 11 heteroatoms. The third-order valence-corrected chi connectivity index (χ3v) is 4.84. The molecule has 6 nitrogen and oxygen atoms in total. The van der Waals surface area contributed by atoms with Crippen molar-refractivity contribution < 1.29 is 26.7 Å². The topological polar surface area (TPSA) is 63.2 Å². The summed E-state index contributed by atoms with van der Waals surface area (Å²) >= 11 is 0. The lowest BCUT2D eigenvalue weighted by Gasteiger charge is -2.39. The first-order chi connectivity index (χ1) is 13.7. The van der Waals surface area contributed by atoms with Crippen LogP contribution < -0.4 is 10.2 Å². The molecule has 2 saturated heterocycles. The monoisotopic (exact) mass is 415 g/mol. The molecule has 0 bridgehead atoms. The maximum Gasteiger partial charge on any atom is 0.416 e. The van der Waals surface area contributed by atoms with Crippen LogP contribution in [0, 0.1) is 0 Å². The Hall–Kier alpha value is -2.56. The van der Waals surface area contributed by atoms with Crippen molar-refractivity contribution in [1.82, 2.24) is 15.0 Å². The van der Waals surface area contributed by atoms with Crippen molar-refractivity contribution in [2.45, 2.75) is 30.9 Å². The van der Waals surface area contributed by atoms with Crippen LogP contribution in [0.15, 0.2) is 24.4 Å². The molecule has 156 valence electrons. The van der Waals surface area contributed by atoms with Gasteiger partial charge in [0.1, 0.15) is 11.6 Å². The van der Waals surface area contributed by atoms with Gasteiger partial charge in [0.2, 0.25) is 5.95 Å². The van der Waals surface area contributed by atoms with Gasteiger partial charge in [-0.15, -0.1) is 0 Å². The van der Waals surface area contributed by atoms with Gasteiger partial charge in [0.15, 0.2) is 0 Å². The van der Waals surface area contributed by atoms with E-state index in [1.807, 2.05) is 0 Å². The van der Waals surface area contributed by atoms with Crippen molar-refractivity contribution in [3.05, 3.63) is 35.7 Å². The van der Waals surface area contributed by atoms with E-state index >= 15 is 0 Å². The standard InChI is InChI=1S/C18H18F5N5O/c19-17(20)9-28(10-17)16-25-13(11-2-5-29-6-3-11)8-15(27-16)26-14-7-12(1-4-24-14)18(21,22)23/h1,4,7-8,11H,2-3,5-6,9-10H2,(H,24,25,26,27). The number of nitrogens with one attached hydrogen (secondary N) is 1. The zero-order valence-corrected chi connectivity index (χ0v) is 15.2. The van der Waals surface area contributed by atoms with E-state index in [1.54, 1.807) is 6.07 Å². The van der Waals surface area contributed by atoms with E-state index in [4.69, 9.17) is 4.74 Å². The summed E-state index contributed by atoms with van der Waals surface area (Å²) in [6.45, 7) is 0.129. The predicted octanol–water partition coefficient (Wildman–Crippen LogP) is 3.98. The molecule has 0 aromatic carbocycles. The van der Waals surface area contributed by atoms with Gasteiger partial charge in [0.05, 0.1) is 24.3 Å². The quantitative estimate of drug-likeness (QED) is 0.763. The number of halogens is 5. The number of hydrogen-bond acceptors (Lipinski definition) is 6. The molecule has 1 N–H and O–H groups in total. The molecule has 0 spiro atoms. The first-order valence-corrected chi connectivity index (χ1v) is 9.09. The molecule has 0 atom stereocenters. The van der Waals surface area contributed by atoms with Crippen LogP contribution in [0.3, 0.4) is 0 Å². The smallest absolute Gasteiger partial charge is 0.381 e. The number of ether oxygens (including phenoxy) is 1. The van der Waals surface area contributed by atoms with Crippen LogP contribution >= 0.6 is 0 Å². The summed E-state index contributed by atoms with van der Waals surface area (Å²) in [6, 6.07) is 3.36. The van der Waals surface area contributed by atoms with Crippen molar-refractivity contribution in [2.24, 2.45) is 0 Å². The Kier molecular flexibility index (Phi) is 5.01.